The van der Waals surface area contributed by atoms with Crippen LogP contribution in [-0.4, -0.2) is 23.4 Å². The van der Waals surface area contributed by atoms with Crippen LogP contribution in [0.5, 0.6) is 0 Å². The minimum Gasteiger partial charge on any atom is -0.418 e. The van der Waals surface area contributed by atoms with Crippen molar-refractivity contribution in [1.29, 1.82) is 0 Å². The molecule has 100 valence electrons. The molecule has 7 heteroatoms. The average molecular weight is 283 g/mol. The van der Waals surface area contributed by atoms with E-state index in [4.69, 9.17) is 21.1 Å². The smallest absolute Gasteiger partial charge is 0.369 e. The van der Waals surface area contributed by atoms with E-state index in [1.54, 1.807) is 24.3 Å². The Morgan fingerprint density at radius 3 is 2.42 bits per heavy atom. The number of hydrogen-bond acceptors (Lipinski definition) is 6. The largest absolute Gasteiger partial charge is 0.418 e. The van der Waals surface area contributed by atoms with Gasteiger partial charge in [0.05, 0.1) is 5.69 Å². The fraction of sp³-hybridized carbons (Fsp3) is 0.250. The monoisotopic (exact) mass is 282 g/mol. The Morgan fingerprint density at radius 1 is 1.21 bits per heavy atom. The van der Waals surface area contributed by atoms with E-state index in [1.807, 2.05) is 0 Å². The molecule has 6 nitrogen and oxygen atoms in total. The Balaban J connectivity index is 2.15. The van der Waals surface area contributed by atoms with Crippen LogP contribution in [0.4, 0.5) is 5.69 Å². The average Bonchev–Trinajstić information content (AvgIpc) is 2.26. The highest BCUT2D eigenvalue weighted by molar-refractivity contribution is 6.63. The Morgan fingerprint density at radius 2 is 1.84 bits per heavy atom. The normalized spacial score (nSPS) is 17.5. The van der Waals surface area contributed by atoms with Gasteiger partial charge in [-0.25, -0.2) is 9.59 Å². The number of cyclic esters (lactones) is 2. The third-order valence-corrected chi connectivity index (χ3v) is 2.42. The van der Waals surface area contributed by atoms with Gasteiger partial charge in [0.25, 0.3) is 11.5 Å². The number of hydrogen-bond donors (Lipinski definition) is 1. The molecule has 1 aliphatic rings. The zero-order valence-corrected chi connectivity index (χ0v) is 11.0. The first-order valence-corrected chi connectivity index (χ1v) is 5.81. The fourth-order valence-corrected chi connectivity index (χ4v) is 1.61. The van der Waals surface area contributed by atoms with Crippen molar-refractivity contribution < 1.29 is 19.1 Å². The number of anilines is 1. The lowest BCUT2D eigenvalue weighted by atomic mass is 10.3. The summed E-state index contributed by atoms with van der Waals surface area (Å²) in [5, 5.41) is 4.18. The highest BCUT2D eigenvalue weighted by Crippen LogP contribution is 2.19. The van der Waals surface area contributed by atoms with Crippen molar-refractivity contribution in [2.24, 2.45) is 5.10 Å². The van der Waals surface area contributed by atoms with E-state index < -0.39 is 23.4 Å². The maximum absolute atomic E-state index is 11.6. The van der Waals surface area contributed by atoms with E-state index in [9.17, 15) is 9.59 Å². The summed E-state index contributed by atoms with van der Waals surface area (Å²) in [7, 11) is 0. The molecular weight excluding hydrogens is 272 g/mol. The second-order valence-electron chi connectivity index (χ2n) is 4.26. The van der Waals surface area contributed by atoms with Crippen LogP contribution in [0.15, 0.2) is 29.4 Å². The number of hydrazone groups is 1. The molecular formula is C12H11ClN2O4. The van der Waals surface area contributed by atoms with E-state index in [-0.39, 0.29) is 0 Å². The Labute approximate surface area is 114 Å². The molecule has 0 aliphatic carbocycles. The van der Waals surface area contributed by atoms with Gasteiger partial charge in [-0.3, -0.25) is 5.43 Å². The molecule has 1 fully saturated rings. The molecule has 0 bridgehead atoms. The molecule has 1 aromatic carbocycles. The summed E-state index contributed by atoms with van der Waals surface area (Å²) in [6.07, 6.45) is 0. The van der Waals surface area contributed by atoms with E-state index in [1.165, 1.54) is 13.8 Å². The van der Waals surface area contributed by atoms with E-state index in [0.717, 1.165) is 0 Å². The second kappa shape index (κ2) is 4.89. The second-order valence-corrected chi connectivity index (χ2v) is 4.70. The molecule has 1 aromatic rings. The van der Waals surface area contributed by atoms with E-state index >= 15 is 0 Å². The predicted octanol–water partition coefficient (Wildman–Crippen LogP) is 1.94. The molecule has 19 heavy (non-hydrogen) atoms. The number of esters is 2. The van der Waals surface area contributed by atoms with Gasteiger partial charge in [0.1, 0.15) is 0 Å². The molecule has 1 N–H and O–H groups in total. The topological polar surface area (TPSA) is 77.0 Å². The lowest BCUT2D eigenvalue weighted by Crippen LogP contribution is -2.47. The number of carbonyl (C=O) groups is 2. The first-order valence-electron chi connectivity index (χ1n) is 5.43. The van der Waals surface area contributed by atoms with Crippen molar-refractivity contribution in [2.45, 2.75) is 19.6 Å². The highest BCUT2D eigenvalue weighted by atomic mass is 35.5. The van der Waals surface area contributed by atoms with E-state index in [0.29, 0.717) is 10.7 Å². The van der Waals surface area contributed by atoms with Crippen LogP contribution >= 0.6 is 11.6 Å². The van der Waals surface area contributed by atoms with Crippen molar-refractivity contribution in [3.8, 4) is 0 Å². The molecule has 0 saturated carbocycles. The van der Waals surface area contributed by atoms with Crippen LogP contribution in [-0.2, 0) is 19.1 Å². The number of halogens is 1. The van der Waals surface area contributed by atoms with Crippen LogP contribution < -0.4 is 5.43 Å². The number of carbonyl (C=O) groups excluding carboxylic acids is 2. The Bertz CT molecular complexity index is 547. The summed E-state index contributed by atoms with van der Waals surface area (Å²) in [6, 6.07) is 6.66. The van der Waals surface area contributed by atoms with Gasteiger partial charge in [-0.1, -0.05) is 17.7 Å². The summed E-state index contributed by atoms with van der Waals surface area (Å²) in [6.45, 7) is 2.92. The van der Waals surface area contributed by atoms with Crippen LogP contribution in [0, 0.1) is 0 Å². The van der Waals surface area contributed by atoms with Crippen molar-refractivity contribution in [1.82, 2.24) is 0 Å². The minimum absolute atomic E-state index is 0.445. The van der Waals surface area contributed by atoms with Crippen LogP contribution in [0.25, 0.3) is 0 Å². The van der Waals surface area contributed by atoms with Gasteiger partial charge in [-0.05, 0) is 18.2 Å². The lowest BCUT2D eigenvalue weighted by Gasteiger charge is -2.28. The van der Waals surface area contributed by atoms with Crippen molar-refractivity contribution in [3.05, 3.63) is 29.3 Å². The van der Waals surface area contributed by atoms with Gasteiger partial charge in [0, 0.05) is 18.9 Å². The van der Waals surface area contributed by atoms with Crippen molar-refractivity contribution in [2.75, 3.05) is 5.43 Å². The third-order valence-electron chi connectivity index (χ3n) is 2.19. The van der Waals surface area contributed by atoms with Crippen LogP contribution in [0.1, 0.15) is 13.8 Å². The SMILES string of the molecule is CC1(C)OC(=O)C(=NNc2cccc(Cl)c2)C(=O)O1. The quantitative estimate of drug-likeness (QED) is 0.662. The van der Waals surface area contributed by atoms with Gasteiger partial charge < -0.3 is 9.47 Å². The number of ether oxygens (including phenoxy) is 2. The molecule has 0 amide bonds. The Hall–Kier alpha value is -2.08. The summed E-state index contributed by atoms with van der Waals surface area (Å²) < 4.78 is 9.78. The summed E-state index contributed by atoms with van der Waals surface area (Å²) in [5.74, 6) is -2.95. The maximum Gasteiger partial charge on any atom is 0.369 e. The fourth-order valence-electron chi connectivity index (χ4n) is 1.42. The standard InChI is InChI=1S/C12H11ClN2O4/c1-12(2)18-10(16)9(11(17)19-12)15-14-8-5-3-4-7(13)6-8/h3-6,14H,1-2H3. The zero-order chi connectivity index (χ0) is 14.0. The Kier molecular flexibility index (Phi) is 3.44. The molecule has 1 saturated heterocycles. The van der Waals surface area contributed by atoms with Crippen molar-refractivity contribution >= 4 is 34.9 Å². The summed E-state index contributed by atoms with van der Waals surface area (Å²) >= 11 is 5.79. The molecule has 1 heterocycles. The first kappa shape index (κ1) is 13.4. The van der Waals surface area contributed by atoms with Gasteiger partial charge in [0.15, 0.2) is 0 Å². The summed E-state index contributed by atoms with van der Waals surface area (Å²) in [4.78, 5) is 23.2. The van der Waals surface area contributed by atoms with E-state index in [2.05, 4.69) is 10.5 Å². The maximum atomic E-state index is 11.6. The molecule has 0 atom stereocenters. The lowest BCUT2D eigenvalue weighted by molar-refractivity contribution is -0.214. The van der Waals surface area contributed by atoms with Crippen LogP contribution in [0.2, 0.25) is 5.02 Å². The molecule has 0 unspecified atom stereocenters. The highest BCUT2D eigenvalue weighted by Gasteiger charge is 2.40. The molecule has 2 rings (SSSR count). The molecule has 1 aliphatic heterocycles. The summed E-state index contributed by atoms with van der Waals surface area (Å²) in [5.41, 5.74) is 2.63. The van der Waals surface area contributed by atoms with Crippen LogP contribution in [0.3, 0.4) is 0 Å². The third kappa shape index (κ3) is 3.23. The van der Waals surface area contributed by atoms with Crippen molar-refractivity contribution in [3.63, 3.8) is 0 Å². The number of nitrogens with zero attached hydrogens (tertiary/aromatic N) is 1. The number of rotatable bonds is 2. The van der Waals surface area contributed by atoms with Gasteiger partial charge in [-0.2, -0.15) is 5.10 Å². The first-order chi connectivity index (χ1) is 8.87. The zero-order valence-electron chi connectivity index (χ0n) is 10.3. The molecule has 0 spiro atoms. The number of nitrogens with one attached hydrogen (secondary N) is 1. The number of benzene rings is 1. The minimum atomic E-state index is -1.27. The van der Waals surface area contributed by atoms with Gasteiger partial charge in [0.2, 0.25) is 0 Å². The van der Waals surface area contributed by atoms with Gasteiger partial charge >= 0.3 is 11.9 Å². The molecule has 0 aromatic heterocycles. The molecule has 0 radical (unpaired) electrons. The predicted molar refractivity (Wildman–Crippen MR) is 68.8 cm³/mol. The van der Waals surface area contributed by atoms with Gasteiger partial charge in [-0.15, -0.1) is 0 Å².